The van der Waals surface area contributed by atoms with Crippen molar-refractivity contribution in [3.63, 3.8) is 0 Å². The van der Waals surface area contributed by atoms with E-state index in [1.165, 1.54) is 31.9 Å². The highest BCUT2D eigenvalue weighted by molar-refractivity contribution is 7.92. The number of nitrogens with one attached hydrogen (secondary N) is 2. The molecular formula is C30H34N4O6S. The molecule has 0 unspecified atom stereocenters. The van der Waals surface area contributed by atoms with Crippen molar-refractivity contribution in [3.05, 3.63) is 84.4 Å². The Morgan fingerprint density at radius 1 is 0.902 bits per heavy atom. The molecule has 1 fully saturated rings. The van der Waals surface area contributed by atoms with Gasteiger partial charge in [-0.1, -0.05) is 37.5 Å². The van der Waals surface area contributed by atoms with E-state index in [1.807, 2.05) is 0 Å². The Hall–Kier alpha value is -4.38. The van der Waals surface area contributed by atoms with Gasteiger partial charge in [-0.2, -0.15) is 5.10 Å². The standard InChI is InChI=1S/C30H34N4O6S/c1-39-26-18-14-25(15-19-26)34(41(37,38)28-10-6-3-7-11-28)21-29(35)33-31-20-23-12-16-27(17-13-23)40-22-30(36)32-24-8-4-2-5-9-24/h3,6-7,10-20,24H,2,4-5,8-9,21-22H2,1H3,(H,32,36)(H,33,35)/b31-20-. The molecule has 0 atom stereocenters. The predicted octanol–water partition coefficient (Wildman–Crippen LogP) is 3.87. The van der Waals surface area contributed by atoms with Gasteiger partial charge in [-0.3, -0.25) is 13.9 Å². The lowest BCUT2D eigenvalue weighted by Crippen LogP contribution is -2.39. The molecule has 0 bridgehead atoms. The van der Waals surface area contributed by atoms with Crippen molar-refractivity contribution in [1.82, 2.24) is 10.7 Å². The van der Waals surface area contributed by atoms with Gasteiger partial charge in [0.1, 0.15) is 18.0 Å². The first kappa shape index (κ1) is 29.6. The van der Waals surface area contributed by atoms with Crippen molar-refractivity contribution in [1.29, 1.82) is 0 Å². The fourth-order valence-corrected chi connectivity index (χ4v) is 5.89. The lowest BCUT2D eigenvalue weighted by atomic mass is 9.95. The molecule has 0 aromatic heterocycles. The van der Waals surface area contributed by atoms with E-state index in [-0.39, 0.29) is 23.5 Å². The van der Waals surface area contributed by atoms with Crippen LogP contribution in [0, 0.1) is 0 Å². The second kappa shape index (κ2) is 14.3. The lowest BCUT2D eigenvalue weighted by Gasteiger charge is -2.23. The van der Waals surface area contributed by atoms with Gasteiger partial charge in [-0.05, 0) is 79.1 Å². The number of carbonyl (C=O) groups is 2. The Kier molecular flexibility index (Phi) is 10.3. The fraction of sp³-hybridized carbons (Fsp3) is 0.300. The molecular weight excluding hydrogens is 544 g/mol. The van der Waals surface area contributed by atoms with Gasteiger partial charge in [0.25, 0.3) is 21.8 Å². The molecule has 10 nitrogen and oxygen atoms in total. The summed E-state index contributed by atoms with van der Waals surface area (Å²) >= 11 is 0. The van der Waals surface area contributed by atoms with Crippen molar-refractivity contribution < 1.29 is 27.5 Å². The molecule has 0 spiro atoms. The highest BCUT2D eigenvalue weighted by Gasteiger charge is 2.27. The van der Waals surface area contributed by atoms with Gasteiger partial charge >= 0.3 is 0 Å². The van der Waals surface area contributed by atoms with Crippen LogP contribution < -0.4 is 24.5 Å². The number of methoxy groups -OCH3 is 1. The van der Waals surface area contributed by atoms with E-state index in [2.05, 4.69) is 15.8 Å². The van der Waals surface area contributed by atoms with Crippen LogP contribution in [0.1, 0.15) is 37.7 Å². The van der Waals surface area contributed by atoms with Crippen molar-refractivity contribution in [2.24, 2.45) is 5.10 Å². The van der Waals surface area contributed by atoms with Gasteiger partial charge in [0.2, 0.25) is 0 Å². The SMILES string of the molecule is COc1ccc(N(CC(=O)N/N=C\c2ccc(OCC(=O)NC3CCCCC3)cc2)S(=O)(=O)c2ccccc2)cc1. The number of hydrogen-bond donors (Lipinski definition) is 2. The second-order valence-corrected chi connectivity index (χ2v) is 11.4. The predicted molar refractivity (Wildman–Crippen MR) is 157 cm³/mol. The van der Waals surface area contributed by atoms with E-state index in [1.54, 1.807) is 66.7 Å². The molecule has 1 saturated carbocycles. The molecule has 4 rings (SSSR count). The second-order valence-electron chi connectivity index (χ2n) is 9.58. The van der Waals surface area contributed by atoms with Gasteiger partial charge in [-0.25, -0.2) is 13.8 Å². The van der Waals surface area contributed by atoms with Gasteiger partial charge in [-0.15, -0.1) is 0 Å². The van der Waals surface area contributed by atoms with Gasteiger partial charge in [0, 0.05) is 6.04 Å². The van der Waals surface area contributed by atoms with Gasteiger partial charge in [0.15, 0.2) is 6.61 Å². The third-order valence-corrected chi connectivity index (χ3v) is 8.39. The van der Waals surface area contributed by atoms with E-state index in [0.717, 1.165) is 30.0 Å². The first-order valence-corrected chi connectivity index (χ1v) is 14.8. The van der Waals surface area contributed by atoms with Gasteiger partial charge < -0.3 is 14.8 Å². The molecule has 0 heterocycles. The average Bonchev–Trinajstić information content (AvgIpc) is 3.00. The molecule has 2 N–H and O–H groups in total. The number of hydrogen-bond acceptors (Lipinski definition) is 7. The summed E-state index contributed by atoms with van der Waals surface area (Å²) in [7, 11) is -2.52. The van der Waals surface area contributed by atoms with Crippen molar-refractivity contribution in [3.8, 4) is 11.5 Å². The summed E-state index contributed by atoms with van der Waals surface area (Å²) in [5, 5.41) is 6.98. The summed E-state index contributed by atoms with van der Waals surface area (Å²) in [6, 6.07) is 21.4. The van der Waals surface area contributed by atoms with E-state index in [0.29, 0.717) is 22.7 Å². The number of hydrazone groups is 1. The molecule has 216 valence electrons. The monoisotopic (exact) mass is 578 g/mol. The van der Waals surface area contributed by atoms with E-state index in [4.69, 9.17) is 9.47 Å². The number of nitrogens with zero attached hydrogens (tertiary/aromatic N) is 2. The minimum Gasteiger partial charge on any atom is -0.497 e. The van der Waals surface area contributed by atoms with Crippen LogP contribution in [0.25, 0.3) is 0 Å². The van der Waals surface area contributed by atoms with E-state index >= 15 is 0 Å². The van der Waals surface area contributed by atoms with Crippen LogP contribution in [0.3, 0.4) is 0 Å². The zero-order valence-corrected chi connectivity index (χ0v) is 23.7. The average molecular weight is 579 g/mol. The maximum Gasteiger partial charge on any atom is 0.264 e. The number of sulfonamides is 1. The summed E-state index contributed by atoms with van der Waals surface area (Å²) in [6.07, 6.45) is 6.96. The van der Waals surface area contributed by atoms with E-state index < -0.39 is 22.5 Å². The Balaban J connectivity index is 1.33. The molecule has 3 aromatic carbocycles. The summed E-state index contributed by atoms with van der Waals surface area (Å²) in [4.78, 5) is 25.0. The molecule has 0 aliphatic heterocycles. The Bertz CT molecular complexity index is 1420. The first-order valence-electron chi connectivity index (χ1n) is 13.4. The summed E-state index contributed by atoms with van der Waals surface area (Å²) in [5.74, 6) is 0.328. The molecule has 3 aromatic rings. The molecule has 11 heteroatoms. The minimum absolute atomic E-state index is 0.0564. The van der Waals surface area contributed by atoms with Crippen LogP contribution in [0.2, 0.25) is 0 Å². The molecule has 2 amide bonds. The minimum atomic E-state index is -4.03. The molecule has 0 radical (unpaired) electrons. The smallest absolute Gasteiger partial charge is 0.264 e. The zero-order chi connectivity index (χ0) is 29.1. The number of amides is 2. The number of benzene rings is 3. The third-order valence-electron chi connectivity index (χ3n) is 6.60. The molecule has 0 saturated heterocycles. The molecule has 1 aliphatic carbocycles. The highest BCUT2D eigenvalue weighted by atomic mass is 32.2. The third kappa shape index (κ3) is 8.55. The normalized spacial score (nSPS) is 13.9. The van der Waals surface area contributed by atoms with E-state index in [9.17, 15) is 18.0 Å². The Morgan fingerprint density at radius 3 is 2.22 bits per heavy atom. The Morgan fingerprint density at radius 2 is 1.56 bits per heavy atom. The van der Waals surface area contributed by atoms with Crippen molar-refractivity contribution in [2.45, 2.75) is 43.0 Å². The number of carbonyl (C=O) groups excluding carboxylic acids is 2. The fourth-order valence-electron chi connectivity index (χ4n) is 4.44. The van der Waals surface area contributed by atoms with Crippen LogP contribution in [-0.2, 0) is 19.6 Å². The summed E-state index contributed by atoms with van der Waals surface area (Å²) in [6.45, 7) is -0.548. The molecule has 1 aliphatic rings. The van der Waals surface area contributed by atoms with Crippen LogP contribution >= 0.6 is 0 Å². The van der Waals surface area contributed by atoms with Crippen molar-refractivity contribution >= 4 is 33.7 Å². The highest BCUT2D eigenvalue weighted by Crippen LogP contribution is 2.25. The number of anilines is 1. The maximum absolute atomic E-state index is 13.4. The Labute approximate surface area is 240 Å². The summed E-state index contributed by atoms with van der Waals surface area (Å²) in [5.41, 5.74) is 3.36. The first-order chi connectivity index (χ1) is 19.8. The maximum atomic E-state index is 13.4. The number of ether oxygens (including phenoxy) is 2. The number of rotatable bonds is 12. The van der Waals surface area contributed by atoms with Crippen LogP contribution in [0.4, 0.5) is 5.69 Å². The van der Waals surface area contributed by atoms with Crippen LogP contribution in [0.15, 0.2) is 88.9 Å². The zero-order valence-electron chi connectivity index (χ0n) is 22.9. The van der Waals surface area contributed by atoms with Crippen LogP contribution in [-0.4, -0.2) is 52.8 Å². The molecule has 41 heavy (non-hydrogen) atoms. The van der Waals surface area contributed by atoms with Crippen LogP contribution in [0.5, 0.6) is 11.5 Å². The quantitative estimate of drug-likeness (QED) is 0.248. The largest absolute Gasteiger partial charge is 0.497 e. The van der Waals surface area contributed by atoms with Gasteiger partial charge in [0.05, 0.1) is 23.9 Å². The van der Waals surface area contributed by atoms with Crippen molar-refractivity contribution in [2.75, 3.05) is 24.6 Å². The lowest BCUT2D eigenvalue weighted by molar-refractivity contribution is -0.124. The summed E-state index contributed by atoms with van der Waals surface area (Å²) < 4.78 is 38.5. The topological polar surface area (TPSA) is 126 Å².